The third kappa shape index (κ3) is 2.98. The summed E-state index contributed by atoms with van der Waals surface area (Å²) in [5.74, 6) is -0.241. The Morgan fingerprint density at radius 2 is 2.00 bits per heavy atom. The van der Waals surface area contributed by atoms with E-state index in [1.54, 1.807) is 23.6 Å². The molecule has 0 atom stereocenters. The Labute approximate surface area is 151 Å². The van der Waals surface area contributed by atoms with Crippen molar-refractivity contribution in [3.8, 4) is 11.8 Å². The Bertz CT molecular complexity index is 950. The number of benzene rings is 1. The molecule has 0 fully saturated rings. The molecule has 1 aromatic carbocycles. The summed E-state index contributed by atoms with van der Waals surface area (Å²) in [5.41, 5.74) is 3.79. The maximum atomic E-state index is 12.3. The number of amides is 1. The molecule has 0 saturated heterocycles. The van der Waals surface area contributed by atoms with Crippen LogP contribution < -0.4 is 5.32 Å². The zero-order chi connectivity index (χ0) is 17.3. The van der Waals surface area contributed by atoms with Crippen molar-refractivity contribution in [3.63, 3.8) is 0 Å². The van der Waals surface area contributed by atoms with Crippen molar-refractivity contribution in [1.82, 2.24) is 9.78 Å². The Morgan fingerprint density at radius 3 is 2.58 bits per heavy atom. The van der Waals surface area contributed by atoms with Crippen LogP contribution in [0.15, 0.2) is 40.2 Å². The molecule has 0 bridgehead atoms. The molecular weight excluding hydrogens is 388 g/mol. The van der Waals surface area contributed by atoms with Crippen LogP contribution in [0.25, 0.3) is 5.69 Å². The lowest BCUT2D eigenvalue weighted by Crippen LogP contribution is -2.11. The van der Waals surface area contributed by atoms with Crippen molar-refractivity contribution in [2.75, 3.05) is 5.32 Å². The molecule has 3 aromatic rings. The fourth-order valence-corrected chi connectivity index (χ4v) is 3.28. The molecule has 24 heavy (non-hydrogen) atoms. The van der Waals surface area contributed by atoms with Crippen LogP contribution in [0.4, 0.5) is 5.00 Å². The summed E-state index contributed by atoms with van der Waals surface area (Å²) in [6.07, 6.45) is 0. The Morgan fingerprint density at radius 1 is 1.29 bits per heavy atom. The van der Waals surface area contributed by atoms with E-state index in [1.165, 1.54) is 11.3 Å². The second-order valence-electron chi connectivity index (χ2n) is 5.17. The number of nitrogens with one attached hydrogen (secondary N) is 1. The zero-order valence-electron chi connectivity index (χ0n) is 13.0. The number of nitrogens with zero attached hydrogens (tertiary/aromatic N) is 3. The van der Waals surface area contributed by atoms with E-state index in [4.69, 9.17) is 5.26 Å². The van der Waals surface area contributed by atoms with Crippen LogP contribution in [-0.4, -0.2) is 15.7 Å². The van der Waals surface area contributed by atoms with Gasteiger partial charge in [0, 0.05) is 5.56 Å². The predicted molar refractivity (Wildman–Crippen MR) is 97.7 cm³/mol. The highest BCUT2D eigenvalue weighted by atomic mass is 79.9. The van der Waals surface area contributed by atoms with Crippen LogP contribution in [0.5, 0.6) is 0 Å². The van der Waals surface area contributed by atoms with Crippen LogP contribution in [0, 0.1) is 25.2 Å². The first-order valence-corrected chi connectivity index (χ1v) is 8.79. The van der Waals surface area contributed by atoms with E-state index in [1.807, 2.05) is 30.7 Å². The molecule has 120 valence electrons. The van der Waals surface area contributed by atoms with E-state index < -0.39 is 0 Å². The molecule has 0 aliphatic heterocycles. The number of aromatic nitrogens is 2. The molecule has 5 nitrogen and oxygen atoms in total. The standard InChI is InChI=1S/C17H13BrN4OS/c1-10-15(18)11(2)22(21-10)14-5-3-12(4-6-14)16(23)20-17-13(9-19)7-8-24-17/h3-8H,1-2H3,(H,20,23). The number of hydrogen-bond donors (Lipinski definition) is 1. The lowest BCUT2D eigenvalue weighted by Gasteiger charge is -2.07. The van der Waals surface area contributed by atoms with Gasteiger partial charge in [-0.15, -0.1) is 11.3 Å². The van der Waals surface area contributed by atoms with Crippen LogP contribution in [-0.2, 0) is 0 Å². The zero-order valence-corrected chi connectivity index (χ0v) is 15.4. The third-order valence-electron chi connectivity index (χ3n) is 3.59. The summed E-state index contributed by atoms with van der Waals surface area (Å²) in [5, 5.41) is 18.6. The number of rotatable bonds is 3. The number of carbonyl (C=O) groups excluding carboxylic acids is 1. The number of carbonyl (C=O) groups is 1. The average Bonchev–Trinajstić information content (AvgIpc) is 3.14. The Balaban J connectivity index is 1.83. The lowest BCUT2D eigenvalue weighted by molar-refractivity contribution is 0.102. The molecule has 1 amide bonds. The highest BCUT2D eigenvalue weighted by Crippen LogP contribution is 2.24. The smallest absolute Gasteiger partial charge is 0.256 e. The van der Waals surface area contributed by atoms with Crippen LogP contribution in [0.2, 0.25) is 0 Å². The number of aryl methyl sites for hydroxylation is 1. The molecule has 2 heterocycles. The van der Waals surface area contributed by atoms with Gasteiger partial charge in [0.1, 0.15) is 11.1 Å². The number of nitriles is 1. The molecule has 3 rings (SSSR count). The number of hydrogen-bond acceptors (Lipinski definition) is 4. The quantitative estimate of drug-likeness (QED) is 0.706. The highest BCUT2D eigenvalue weighted by molar-refractivity contribution is 9.10. The van der Waals surface area contributed by atoms with Gasteiger partial charge in [0.05, 0.1) is 27.1 Å². The molecule has 0 aliphatic carbocycles. The van der Waals surface area contributed by atoms with Crippen molar-refractivity contribution in [3.05, 3.63) is 62.7 Å². The molecule has 7 heteroatoms. The number of anilines is 1. The first-order chi connectivity index (χ1) is 11.5. The fourth-order valence-electron chi connectivity index (χ4n) is 2.30. The van der Waals surface area contributed by atoms with E-state index in [2.05, 4.69) is 32.4 Å². The van der Waals surface area contributed by atoms with E-state index >= 15 is 0 Å². The lowest BCUT2D eigenvalue weighted by atomic mass is 10.2. The van der Waals surface area contributed by atoms with E-state index in [0.717, 1.165) is 21.5 Å². The van der Waals surface area contributed by atoms with E-state index in [0.29, 0.717) is 16.1 Å². The van der Waals surface area contributed by atoms with Gasteiger partial charge in [0.2, 0.25) is 0 Å². The molecule has 0 unspecified atom stereocenters. The van der Waals surface area contributed by atoms with Gasteiger partial charge in [-0.3, -0.25) is 4.79 Å². The molecular formula is C17H13BrN4OS. The number of thiophene rings is 1. The maximum Gasteiger partial charge on any atom is 0.256 e. The van der Waals surface area contributed by atoms with Crippen molar-refractivity contribution in [2.24, 2.45) is 0 Å². The van der Waals surface area contributed by atoms with Gasteiger partial charge < -0.3 is 5.32 Å². The molecule has 0 aliphatic rings. The van der Waals surface area contributed by atoms with Crippen molar-refractivity contribution in [2.45, 2.75) is 13.8 Å². The molecule has 0 radical (unpaired) electrons. The summed E-state index contributed by atoms with van der Waals surface area (Å²) in [6.45, 7) is 3.91. The first-order valence-electron chi connectivity index (χ1n) is 7.12. The van der Waals surface area contributed by atoms with Crippen LogP contribution >= 0.6 is 27.3 Å². The van der Waals surface area contributed by atoms with E-state index in [9.17, 15) is 4.79 Å². The van der Waals surface area contributed by atoms with E-state index in [-0.39, 0.29) is 5.91 Å². The predicted octanol–water partition coefficient (Wildman–Crippen LogP) is 4.44. The Kier molecular flexibility index (Phi) is 4.51. The summed E-state index contributed by atoms with van der Waals surface area (Å²) < 4.78 is 2.81. The second kappa shape index (κ2) is 6.59. The van der Waals surface area contributed by atoms with Gasteiger partial charge in [-0.25, -0.2) is 4.68 Å². The van der Waals surface area contributed by atoms with Gasteiger partial charge in [0.25, 0.3) is 5.91 Å². The largest absolute Gasteiger partial charge is 0.312 e. The van der Waals surface area contributed by atoms with Crippen LogP contribution in [0.1, 0.15) is 27.3 Å². The minimum absolute atomic E-state index is 0.241. The molecule has 2 aromatic heterocycles. The van der Waals surface area contributed by atoms with Crippen LogP contribution in [0.3, 0.4) is 0 Å². The molecule has 1 N–H and O–H groups in total. The monoisotopic (exact) mass is 400 g/mol. The summed E-state index contributed by atoms with van der Waals surface area (Å²) >= 11 is 4.84. The number of halogens is 1. The molecule has 0 spiro atoms. The summed E-state index contributed by atoms with van der Waals surface area (Å²) in [4.78, 5) is 12.3. The fraction of sp³-hybridized carbons (Fsp3) is 0.118. The normalized spacial score (nSPS) is 10.4. The van der Waals surface area contributed by atoms with Gasteiger partial charge in [0.15, 0.2) is 0 Å². The SMILES string of the molecule is Cc1nn(-c2ccc(C(=O)Nc3sccc3C#N)cc2)c(C)c1Br. The topological polar surface area (TPSA) is 70.7 Å². The maximum absolute atomic E-state index is 12.3. The van der Waals surface area contributed by atoms with Gasteiger partial charge in [-0.05, 0) is 65.5 Å². The highest BCUT2D eigenvalue weighted by Gasteiger charge is 2.13. The second-order valence-corrected chi connectivity index (χ2v) is 6.88. The minimum atomic E-state index is -0.241. The summed E-state index contributed by atoms with van der Waals surface area (Å²) in [6, 6.07) is 10.9. The third-order valence-corrected chi connectivity index (χ3v) is 5.57. The Hall–Kier alpha value is -2.43. The van der Waals surface area contributed by atoms with Crippen molar-refractivity contribution < 1.29 is 4.79 Å². The average molecular weight is 401 g/mol. The van der Waals surface area contributed by atoms with Crippen molar-refractivity contribution >= 4 is 38.2 Å². The molecule has 0 saturated carbocycles. The summed E-state index contributed by atoms with van der Waals surface area (Å²) in [7, 11) is 0. The van der Waals surface area contributed by atoms with Gasteiger partial charge in [-0.2, -0.15) is 10.4 Å². The van der Waals surface area contributed by atoms with Gasteiger partial charge in [-0.1, -0.05) is 0 Å². The minimum Gasteiger partial charge on any atom is -0.312 e. The van der Waals surface area contributed by atoms with Crippen molar-refractivity contribution in [1.29, 1.82) is 5.26 Å². The van der Waals surface area contributed by atoms with Gasteiger partial charge >= 0.3 is 0 Å². The first kappa shape index (κ1) is 16.4.